The van der Waals surface area contributed by atoms with Crippen molar-refractivity contribution in [3.05, 3.63) is 29.8 Å². The van der Waals surface area contributed by atoms with E-state index in [1.165, 1.54) is 6.92 Å². The number of hydrogen-bond acceptors (Lipinski definition) is 5. The Morgan fingerprint density at radius 2 is 1.82 bits per heavy atom. The lowest BCUT2D eigenvalue weighted by Crippen LogP contribution is -2.48. The summed E-state index contributed by atoms with van der Waals surface area (Å²) in [6.45, 7) is 12.8. The highest BCUT2D eigenvalue weighted by atomic mass is 16.6. The molecule has 0 aliphatic carbocycles. The Morgan fingerprint density at radius 1 is 1.18 bits per heavy atom. The van der Waals surface area contributed by atoms with Crippen LogP contribution in [0, 0.1) is 5.92 Å². The number of carbonyl (C=O) groups excluding carboxylic acids is 3. The number of methoxy groups -OCH3 is 1. The van der Waals surface area contributed by atoms with E-state index in [1.807, 2.05) is 63.8 Å². The minimum Gasteiger partial charge on any atom is -0.497 e. The van der Waals surface area contributed by atoms with Gasteiger partial charge < -0.3 is 24.6 Å². The number of carbonyl (C=O) groups is 3. The number of likely N-dealkylation sites (tertiary alicyclic amines) is 1. The first-order valence-corrected chi connectivity index (χ1v) is 12.1. The van der Waals surface area contributed by atoms with Gasteiger partial charge >= 0.3 is 6.09 Å². The summed E-state index contributed by atoms with van der Waals surface area (Å²) in [5, 5.41) is 2.90. The van der Waals surface area contributed by atoms with Crippen LogP contribution in [0.25, 0.3) is 0 Å². The molecule has 1 aliphatic rings. The smallest absolute Gasteiger partial charge is 0.410 e. The third kappa shape index (κ3) is 8.54. The van der Waals surface area contributed by atoms with Gasteiger partial charge in [0.1, 0.15) is 11.4 Å². The van der Waals surface area contributed by atoms with Gasteiger partial charge in [-0.05, 0) is 71.1 Å². The van der Waals surface area contributed by atoms with E-state index in [1.54, 1.807) is 12.0 Å². The molecule has 1 heterocycles. The van der Waals surface area contributed by atoms with Crippen LogP contribution < -0.4 is 10.1 Å². The van der Waals surface area contributed by atoms with Crippen LogP contribution in [0.5, 0.6) is 5.75 Å². The lowest BCUT2D eigenvalue weighted by atomic mass is 9.95. The molecule has 2 rings (SSSR count). The number of nitrogens with zero attached hydrogens (tertiary/aromatic N) is 2. The summed E-state index contributed by atoms with van der Waals surface area (Å²) in [5.41, 5.74) is 0.299. The lowest BCUT2D eigenvalue weighted by Gasteiger charge is -2.38. The molecule has 34 heavy (non-hydrogen) atoms. The first-order valence-electron chi connectivity index (χ1n) is 12.1. The molecule has 8 heteroatoms. The van der Waals surface area contributed by atoms with Crippen LogP contribution in [0.2, 0.25) is 0 Å². The van der Waals surface area contributed by atoms with E-state index in [4.69, 9.17) is 9.47 Å². The van der Waals surface area contributed by atoms with Crippen molar-refractivity contribution >= 4 is 17.9 Å². The number of piperidine rings is 1. The predicted octanol–water partition coefficient (Wildman–Crippen LogP) is 4.15. The van der Waals surface area contributed by atoms with Crippen molar-refractivity contribution in [3.8, 4) is 5.75 Å². The summed E-state index contributed by atoms with van der Waals surface area (Å²) >= 11 is 0. The van der Waals surface area contributed by atoms with Gasteiger partial charge in [-0.15, -0.1) is 0 Å². The Kier molecular flexibility index (Phi) is 9.77. The molecule has 1 aliphatic heterocycles. The second kappa shape index (κ2) is 12.1. The van der Waals surface area contributed by atoms with Crippen molar-refractivity contribution in [3.63, 3.8) is 0 Å². The van der Waals surface area contributed by atoms with Crippen LogP contribution >= 0.6 is 0 Å². The summed E-state index contributed by atoms with van der Waals surface area (Å²) in [6, 6.07) is 6.97. The van der Waals surface area contributed by atoms with E-state index in [9.17, 15) is 14.4 Å². The standard InChI is InChI=1S/C26H41N3O5/c1-18(2)29(25(32)34-26(4,5)6)17-20-9-8-14-28(16-20)24(31)15-23(27-19(3)30)21-10-12-22(33-7)13-11-21/h10-13,18,20,23H,8-9,14-17H2,1-7H3,(H,27,30). The van der Waals surface area contributed by atoms with Gasteiger partial charge in [-0.2, -0.15) is 0 Å². The summed E-state index contributed by atoms with van der Waals surface area (Å²) < 4.78 is 10.8. The van der Waals surface area contributed by atoms with Gasteiger partial charge in [-0.3, -0.25) is 9.59 Å². The fraction of sp³-hybridized carbons (Fsp3) is 0.654. The minimum atomic E-state index is -0.557. The molecule has 1 N–H and O–H groups in total. The summed E-state index contributed by atoms with van der Waals surface area (Å²) in [6.07, 6.45) is 1.68. The van der Waals surface area contributed by atoms with Crippen LogP contribution in [-0.4, -0.2) is 66.1 Å². The van der Waals surface area contributed by atoms with Crippen LogP contribution in [0.4, 0.5) is 4.79 Å². The maximum atomic E-state index is 13.2. The number of hydrogen-bond donors (Lipinski definition) is 1. The van der Waals surface area contributed by atoms with E-state index in [0.717, 1.165) is 24.2 Å². The first-order chi connectivity index (χ1) is 15.9. The number of amides is 3. The molecule has 1 aromatic carbocycles. The highest BCUT2D eigenvalue weighted by Gasteiger charge is 2.31. The third-order valence-electron chi connectivity index (χ3n) is 5.85. The second-order valence-corrected chi connectivity index (χ2v) is 10.3. The van der Waals surface area contributed by atoms with Gasteiger partial charge in [0.05, 0.1) is 19.6 Å². The van der Waals surface area contributed by atoms with Gasteiger partial charge in [-0.25, -0.2) is 4.79 Å². The van der Waals surface area contributed by atoms with Crippen molar-refractivity contribution < 1.29 is 23.9 Å². The normalized spacial score (nSPS) is 17.2. The molecule has 1 fully saturated rings. The molecule has 0 spiro atoms. The topological polar surface area (TPSA) is 88.2 Å². The molecule has 8 nitrogen and oxygen atoms in total. The molecule has 0 radical (unpaired) electrons. The van der Waals surface area contributed by atoms with Crippen LogP contribution in [-0.2, 0) is 14.3 Å². The van der Waals surface area contributed by atoms with Crippen LogP contribution in [0.15, 0.2) is 24.3 Å². The zero-order valence-corrected chi connectivity index (χ0v) is 21.7. The lowest BCUT2D eigenvalue weighted by molar-refractivity contribution is -0.134. The number of ether oxygens (including phenoxy) is 2. The number of rotatable bonds is 8. The Bertz CT molecular complexity index is 832. The van der Waals surface area contributed by atoms with Gasteiger partial charge in [-0.1, -0.05) is 12.1 Å². The molecule has 3 amide bonds. The first kappa shape index (κ1) is 27.5. The van der Waals surface area contributed by atoms with Gasteiger partial charge in [0, 0.05) is 32.6 Å². The molecule has 1 saturated heterocycles. The molecule has 0 bridgehead atoms. The summed E-state index contributed by atoms with van der Waals surface area (Å²) in [5.74, 6) is 0.700. The summed E-state index contributed by atoms with van der Waals surface area (Å²) in [4.78, 5) is 41.3. The second-order valence-electron chi connectivity index (χ2n) is 10.3. The van der Waals surface area contributed by atoms with Crippen LogP contribution in [0.3, 0.4) is 0 Å². The molecule has 2 atom stereocenters. The molecular weight excluding hydrogens is 434 g/mol. The average molecular weight is 476 g/mol. The van der Waals surface area contributed by atoms with E-state index >= 15 is 0 Å². The van der Waals surface area contributed by atoms with Crippen molar-refractivity contribution in [1.29, 1.82) is 0 Å². The zero-order chi connectivity index (χ0) is 25.5. The molecule has 2 unspecified atom stereocenters. The maximum absolute atomic E-state index is 13.2. The van der Waals surface area contributed by atoms with Gasteiger partial charge in [0.2, 0.25) is 11.8 Å². The Labute approximate surface area is 204 Å². The quantitative estimate of drug-likeness (QED) is 0.610. The van der Waals surface area contributed by atoms with E-state index in [0.29, 0.717) is 19.6 Å². The SMILES string of the molecule is COc1ccc(C(CC(=O)N2CCCC(CN(C(=O)OC(C)(C)C)C(C)C)C2)NC(C)=O)cc1. The summed E-state index contributed by atoms with van der Waals surface area (Å²) in [7, 11) is 1.60. The monoisotopic (exact) mass is 475 g/mol. The zero-order valence-electron chi connectivity index (χ0n) is 21.7. The van der Waals surface area contributed by atoms with Crippen molar-refractivity contribution in [2.24, 2.45) is 5.92 Å². The fourth-order valence-electron chi connectivity index (χ4n) is 4.17. The molecular formula is C26H41N3O5. The predicted molar refractivity (Wildman–Crippen MR) is 132 cm³/mol. The number of benzene rings is 1. The number of nitrogens with one attached hydrogen (secondary N) is 1. The van der Waals surface area contributed by atoms with Crippen molar-refractivity contribution in [2.75, 3.05) is 26.7 Å². The largest absolute Gasteiger partial charge is 0.497 e. The van der Waals surface area contributed by atoms with E-state index < -0.39 is 11.6 Å². The molecule has 1 aromatic rings. The minimum absolute atomic E-state index is 0.000136. The average Bonchev–Trinajstić information content (AvgIpc) is 2.75. The highest BCUT2D eigenvalue weighted by Crippen LogP contribution is 2.25. The maximum Gasteiger partial charge on any atom is 0.410 e. The fourth-order valence-corrected chi connectivity index (χ4v) is 4.17. The molecule has 190 valence electrons. The van der Waals surface area contributed by atoms with Crippen LogP contribution in [0.1, 0.15) is 72.4 Å². The molecule has 0 saturated carbocycles. The van der Waals surface area contributed by atoms with Gasteiger partial charge in [0.25, 0.3) is 0 Å². The van der Waals surface area contributed by atoms with Gasteiger partial charge in [0.15, 0.2) is 0 Å². The van der Waals surface area contributed by atoms with E-state index in [-0.39, 0.29) is 36.3 Å². The third-order valence-corrected chi connectivity index (χ3v) is 5.85. The highest BCUT2D eigenvalue weighted by molar-refractivity contribution is 5.79. The van der Waals surface area contributed by atoms with Crippen molar-refractivity contribution in [1.82, 2.24) is 15.1 Å². The Balaban J connectivity index is 2.05. The van der Waals surface area contributed by atoms with E-state index in [2.05, 4.69) is 5.32 Å². The van der Waals surface area contributed by atoms with Crippen molar-refractivity contribution in [2.45, 2.75) is 78.5 Å². The Morgan fingerprint density at radius 3 is 2.35 bits per heavy atom. The molecule has 0 aromatic heterocycles. The Hall–Kier alpha value is -2.77.